The molecule has 3 heterocycles. The number of hydrogen-bond acceptors (Lipinski definition) is 7. The van der Waals surface area contributed by atoms with Gasteiger partial charge in [0, 0.05) is 49.3 Å². The van der Waals surface area contributed by atoms with Gasteiger partial charge >= 0.3 is 0 Å². The first-order valence-electron chi connectivity index (χ1n) is 11.1. The Kier molecular flexibility index (Phi) is 5.91. The zero-order chi connectivity index (χ0) is 21.8. The number of piperidine rings is 1. The third kappa shape index (κ3) is 4.69. The minimum absolute atomic E-state index is 0.109. The molecule has 1 amide bonds. The van der Waals surface area contributed by atoms with E-state index in [2.05, 4.69) is 15.5 Å². The van der Waals surface area contributed by atoms with E-state index in [0.29, 0.717) is 44.3 Å². The normalized spacial score (nSPS) is 17.8. The van der Waals surface area contributed by atoms with Gasteiger partial charge in [0.25, 0.3) is 0 Å². The fourth-order valence-corrected chi connectivity index (χ4v) is 4.12. The first-order valence-corrected chi connectivity index (χ1v) is 11.1. The summed E-state index contributed by atoms with van der Waals surface area (Å²) in [6.45, 7) is 2.59. The van der Waals surface area contributed by atoms with E-state index in [9.17, 15) is 4.79 Å². The van der Waals surface area contributed by atoms with Crippen LogP contribution in [0.3, 0.4) is 0 Å². The molecule has 2 aliphatic heterocycles. The largest absolute Gasteiger partial charge is 0.486 e. The third-order valence-corrected chi connectivity index (χ3v) is 5.74. The number of aromatic nitrogens is 2. The summed E-state index contributed by atoms with van der Waals surface area (Å²) in [5, 5.41) is 7.57. The van der Waals surface area contributed by atoms with E-state index in [0.717, 1.165) is 42.1 Å². The topological polar surface area (TPSA) is 89.7 Å². The second-order valence-corrected chi connectivity index (χ2v) is 8.06. The van der Waals surface area contributed by atoms with Crippen molar-refractivity contribution in [2.24, 2.45) is 0 Å². The smallest absolute Gasteiger partial charge is 0.227 e. The number of hydrogen-bond donors (Lipinski definition) is 1. The van der Waals surface area contributed by atoms with Crippen LogP contribution < -0.4 is 14.8 Å². The van der Waals surface area contributed by atoms with Crippen molar-refractivity contribution >= 4 is 11.6 Å². The van der Waals surface area contributed by atoms with E-state index < -0.39 is 0 Å². The van der Waals surface area contributed by atoms with Crippen LogP contribution in [0.5, 0.6) is 11.5 Å². The summed E-state index contributed by atoms with van der Waals surface area (Å²) in [5.41, 5.74) is 1.88. The average Bonchev–Trinajstić information content (AvgIpc) is 3.32. The van der Waals surface area contributed by atoms with E-state index in [1.54, 1.807) is 0 Å². The monoisotopic (exact) mass is 434 g/mol. The van der Waals surface area contributed by atoms with Gasteiger partial charge in [-0.3, -0.25) is 4.79 Å². The van der Waals surface area contributed by atoms with Gasteiger partial charge in [-0.2, -0.15) is 4.98 Å². The molecule has 2 aromatic carbocycles. The van der Waals surface area contributed by atoms with Crippen molar-refractivity contribution in [2.75, 3.05) is 31.6 Å². The van der Waals surface area contributed by atoms with E-state index in [-0.39, 0.29) is 11.9 Å². The molecule has 0 saturated carbocycles. The summed E-state index contributed by atoms with van der Waals surface area (Å²) >= 11 is 0. The van der Waals surface area contributed by atoms with E-state index in [4.69, 9.17) is 14.0 Å². The van der Waals surface area contributed by atoms with E-state index in [1.807, 2.05) is 53.4 Å². The van der Waals surface area contributed by atoms with Gasteiger partial charge in [0.1, 0.15) is 13.2 Å². The number of likely N-dealkylation sites (tertiary alicyclic amines) is 1. The minimum atomic E-state index is 0.109. The van der Waals surface area contributed by atoms with Gasteiger partial charge in [-0.15, -0.1) is 0 Å². The zero-order valence-corrected chi connectivity index (χ0v) is 17.8. The highest BCUT2D eigenvalue weighted by atomic mass is 16.6. The van der Waals surface area contributed by atoms with Crippen molar-refractivity contribution in [1.82, 2.24) is 15.0 Å². The highest BCUT2D eigenvalue weighted by Gasteiger charge is 2.24. The fraction of sp³-hybridized carbons (Fsp3) is 0.375. The Morgan fingerprint density at radius 1 is 1.09 bits per heavy atom. The van der Waals surface area contributed by atoms with Gasteiger partial charge in [0.15, 0.2) is 11.5 Å². The summed E-state index contributed by atoms with van der Waals surface area (Å²) < 4.78 is 16.6. The molecule has 0 unspecified atom stereocenters. The summed E-state index contributed by atoms with van der Waals surface area (Å²) in [7, 11) is 0. The predicted octanol–water partition coefficient (Wildman–Crippen LogP) is 3.54. The molecule has 8 nitrogen and oxygen atoms in total. The van der Waals surface area contributed by atoms with Crippen LogP contribution in [-0.4, -0.2) is 53.3 Å². The molecule has 0 radical (unpaired) electrons. The molecule has 3 aromatic rings. The SMILES string of the molecule is O=C(CCc1nc(-c2ccccc2)no1)N1CCC[C@H](Nc2ccc3c(c2)OCCO3)C1. The van der Waals surface area contributed by atoms with Crippen molar-refractivity contribution in [2.45, 2.75) is 31.7 Å². The van der Waals surface area contributed by atoms with Crippen LogP contribution in [0.4, 0.5) is 5.69 Å². The van der Waals surface area contributed by atoms with Crippen molar-refractivity contribution in [3.05, 3.63) is 54.4 Å². The summed E-state index contributed by atoms with van der Waals surface area (Å²) in [6.07, 6.45) is 2.78. The minimum Gasteiger partial charge on any atom is -0.486 e. The number of fused-ring (bicyclic) bond motifs is 1. The Morgan fingerprint density at radius 2 is 1.94 bits per heavy atom. The molecular formula is C24H26N4O4. The number of carbonyl (C=O) groups excluding carboxylic acids is 1. The molecule has 0 bridgehead atoms. The number of benzene rings is 2. The van der Waals surface area contributed by atoms with Crippen LogP contribution in [0, 0.1) is 0 Å². The maximum Gasteiger partial charge on any atom is 0.227 e. The molecule has 8 heteroatoms. The number of ether oxygens (including phenoxy) is 2. The standard InChI is InChI=1S/C24H26N4O4/c29-23(11-10-22-26-24(27-32-22)17-5-2-1-3-6-17)28-12-4-7-19(16-28)25-18-8-9-20-21(15-18)31-14-13-30-20/h1-3,5-6,8-9,15,19,25H,4,7,10-14,16H2/t19-/m0/s1. The lowest BCUT2D eigenvalue weighted by atomic mass is 10.0. The Bertz CT molecular complexity index is 1070. The second kappa shape index (κ2) is 9.30. The lowest BCUT2D eigenvalue weighted by molar-refractivity contribution is -0.132. The number of amides is 1. The molecule has 1 fully saturated rings. The van der Waals surface area contributed by atoms with Crippen LogP contribution in [0.15, 0.2) is 53.1 Å². The van der Waals surface area contributed by atoms with Gasteiger partial charge in [-0.05, 0) is 25.0 Å². The molecule has 5 rings (SSSR count). The molecule has 2 aliphatic rings. The van der Waals surface area contributed by atoms with Crippen LogP contribution in [0.2, 0.25) is 0 Å². The van der Waals surface area contributed by atoms with Gasteiger partial charge < -0.3 is 24.2 Å². The lowest BCUT2D eigenvalue weighted by Crippen LogP contribution is -2.45. The summed E-state index contributed by atoms with van der Waals surface area (Å²) in [6, 6.07) is 15.8. The Morgan fingerprint density at radius 3 is 2.81 bits per heavy atom. The molecule has 166 valence electrons. The van der Waals surface area contributed by atoms with Crippen LogP contribution in [-0.2, 0) is 11.2 Å². The first-order chi connectivity index (χ1) is 15.7. The van der Waals surface area contributed by atoms with Crippen LogP contribution in [0.1, 0.15) is 25.2 Å². The maximum atomic E-state index is 12.8. The Hall–Kier alpha value is -3.55. The quantitative estimate of drug-likeness (QED) is 0.635. The number of nitrogens with one attached hydrogen (secondary N) is 1. The van der Waals surface area contributed by atoms with E-state index in [1.165, 1.54) is 0 Å². The lowest BCUT2D eigenvalue weighted by Gasteiger charge is -2.34. The van der Waals surface area contributed by atoms with Gasteiger partial charge in [-0.1, -0.05) is 35.5 Å². The highest BCUT2D eigenvalue weighted by Crippen LogP contribution is 2.33. The number of carbonyl (C=O) groups is 1. The van der Waals surface area contributed by atoms with Crippen LogP contribution in [0.25, 0.3) is 11.4 Å². The Balaban J connectivity index is 1.14. The molecule has 1 aromatic heterocycles. The molecule has 0 spiro atoms. The second-order valence-electron chi connectivity index (χ2n) is 8.06. The molecule has 1 atom stereocenters. The number of aryl methyl sites for hydroxylation is 1. The molecule has 0 aliphatic carbocycles. The fourth-order valence-electron chi connectivity index (χ4n) is 4.12. The maximum absolute atomic E-state index is 12.8. The first kappa shape index (κ1) is 20.4. The van der Waals surface area contributed by atoms with Crippen molar-refractivity contribution in [3.63, 3.8) is 0 Å². The van der Waals surface area contributed by atoms with E-state index >= 15 is 0 Å². The number of anilines is 1. The molecular weight excluding hydrogens is 408 g/mol. The van der Waals surface area contributed by atoms with Gasteiger partial charge in [0.2, 0.25) is 17.6 Å². The summed E-state index contributed by atoms with van der Waals surface area (Å²) in [5.74, 6) is 2.69. The van der Waals surface area contributed by atoms with Crippen molar-refractivity contribution in [3.8, 4) is 22.9 Å². The third-order valence-electron chi connectivity index (χ3n) is 5.74. The van der Waals surface area contributed by atoms with Gasteiger partial charge in [-0.25, -0.2) is 0 Å². The Labute approximate surface area is 186 Å². The van der Waals surface area contributed by atoms with Crippen LogP contribution >= 0.6 is 0 Å². The number of rotatable bonds is 6. The average molecular weight is 434 g/mol. The predicted molar refractivity (Wildman–Crippen MR) is 119 cm³/mol. The van der Waals surface area contributed by atoms with Gasteiger partial charge in [0.05, 0.1) is 0 Å². The molecule has 1 N–H and O–H groups in total. The highest BCUT2D eigenvalue weighted by molar-refractivity contribution is 5.76. The van der Waals surface area contributed by atoms with Crippen molar-refractivity contribution in [1.29, 1.82) is 0 Å². The molecule has 1 saturated heterocycles. The molecule has 32 heavy (non-hydrogen) atoms. The zero-order valence-electron chi connectivity index (χ0n) is 17.8. The summed E-state index contributed by atoms with van der Waals surface area (Å²) in [4.78, 5) is 19.2. The van der Waals surface area contributed by atoms with Crippen molar-refractivity contribution < 1.29 is 18.8 Å². The number of nitrogens with zero attached hydrogens (tertiary/aromatic N) is 3.